The van der Waals surface area contributed by atoms with Gasteiger partial charge in [-0.15, -0.1) is 0 Å². The van der Waals surface area contributed by atoms with E-state index in [1.165, 1.54) is 50.9 Å². The van der Waals surface area contributed by atoms with Crippen molar-refractivity contribution in [2.75, 3.05) is 29.9 Å². The fourth-order valence-electron chi connectivity index (χ4n) is 2.47. The van der Waals surface area contributed by atoms with Gasteiger partial charge in [0.15, 0.2) is 0 Å². The second-order valence-corrected chi connectivity index (χ2v) is 5.11. The molecule has 1 aliphatic heterocycles. The van der Waals surface area contributed by atoms with Crippen molar-refractivity contribution in [3.05, 3.63) is 18.5 Å². The predicted octanol–water partition coefficient (Wildman–Crippen LogP) is 3.67. The molecule has 1 N–H and O–H groups in total. The summed E-state index contributed by atoms with van der Waals surface area (Å²) in [5, 5.41) is 3.41. The summed E-state index contributed by atoms with van der Waals surface area (Å²) >= 11 is 0. The summed E-state index contributed by atoms with van der Waals surface area (Å²) in [6, 6.07) is 2.24. The molecule has 18 heavy (non-hydrogen) atoms. The van der Waals surface area contributed by atoms with Crippen LogP contribution in [0.5, 0.6) is 0 Å². The van der Waals surface area contributed by atoms with Crippen LogP contribution >= 0.6 is 0 Å². The molecule has 100 valence electrons. The lowest BCUT2D eigenvalue weighted by molar-refractivity contribution is 0.556. The molecule has 1 aromatic rings. The van der Waals surface area contributed by atoms with Crippen molar-refractivity contribution in [1.82, 2.24) is 4.98 Å². The minimum absolute atomic E-state index is 1.02. The van der Waals surface area contributed by atoms with E-state index in [-0.39, 0.29) is 0 Å². The number of nitrogens with zero attached hydrogens (tertiary/aromatic N) is 2. The van der Waals surface area contributed by atoms with Gasteiger partial charge < -0.3 is 10.2 Å². The van der Waals surface area contributed by atoms with E-state index in [1.807, 2.05) is 12.4 Å². The van der Waals surface area contributed by atoms with E-state index in [9.17, 15) is 0 Å². The first-order chi connectivity index (χ1) is 8.90. The van der Waals surface area contributed by atoms with Gasteiger partial charge in [-0.2, -0.15) is 0 Å². The van der Waals surface area contributed by atoms with Gasteiger partial charge in [-0.05, 0) is 25.3 Å². The van der Waals surface area contributed by atoms with Gasteiger partial charge in [0.2, 0.25) is 0 Å². The third-order valence-electron chi connectivity index (χ3n) is 3.52. The van der Waals surface area contributed by atoms with Crippen molar-refractivity contribution in [2.24, 2.45) is 0 Å². The van der Waals surface area contributed by atoms with E-state index in [2.05, 4.69) is 28.2 Å². The highest BCUT2D eigenvalue weighted by atomic mass is 15.1. The predicted molar refractivity (Wildman–Crippen MR) is 78.3 cm³/mol. The molecule has 0 bridgehead atoms. The Hall–Kier alpha value is -1.25. The molecular formula is C15H25N3. The fraction of sp³-hybridized carbons (Fsp3) is 0.667. The summed E-state index contributed by atoms with van der Waals surface area (Å²) in [7, 11) is 0. The highest BCUT2D eigenvalue weighted by molar-refractivity contribution is 5.55. The number of hydrogen-bond acceptors (Lipinski definition) is 3. The van der Waals surface area contributed by atoms with Crippen LogP contribution in [0, 0.1) is 0 Å². The van der Waals surface area contributed by atoms with Crippen LogP contribution in [-0.4, -0.2) is 24.6 Å². The Morgan fingerprint density at radius 2 is 1.83 bits per heavy atom. The zero-order valence-corrected chi connectivity index (χ0v) is 11.5. The van der Waals surface area contributed by atoms with Gasteiger partial charge in [0.05, 0.1) is 23.8 Å². The van der Waals surface area contributed by atoms with Crippen LogP contribution in [0.4, 0.5) is 11.4 Å². The minimum Gasteiger partial charge on any atom is -0.384 e. The normalized spacial score (nSPS) is 17.1. The zero-order chi connectivity index (χ0) is 12.6. The van der Waals surface area contributed by atoms with Gasteiger partial charge in [-0.25, -0.2) is 0 Å². The fourth-order valence-corrected chi connectivity index (χ4v) is 2.47. The summed E-state index contributed by atoms with van der Waals surface area (Å²) in [5.74, 6) is 0. The van der Waals surface area contributed by atoms with Crippen molar-refractivity contribution in [3.63, 3.8) is 0 Å². The molecule has 0 spiro atoms. The zero-order valence-electron chi connectivity index (χ0n) is 11.5. The summed E-state index contributed by atoms with van der Waals surface area (Å²) in [5.41, 5.74) is 2.43. The maximum Gasteiger partial charge on any atom is 0.0573 e. The van der Waals surface area contributed by atoms with Crippen LogP contribution in [0.15, 0.2) is 18.5 Å². The van der Waals surface area contributed by atoms with Crippen molar-refractivity contribution in [1.29, 1.82) is 0 Å². The van der Waals surface area contributed by atoms with Crippen molar-refractivity contribution < 1.29 is 0 Å². The van der Waals surface area contributed by atoms with Crippen LogP contribution in [0.25, 0.3) is 0 Å². The first kappa shape index (κ1) is 13.2. The molecule has 0 amide bonds. The highest BCUT2D eigenvalue weighted by Gasteiger charge is 2.09. The monoisotopic (exact) mass is 247 g/mol. The maximum absolute atomic E-state index is 4.36. The molecule has 2 rings (SSSR count). The highest BCUT2D eigenvalue weighted by Crippen LogP contribution is 2.21. The third-order valence-corrected chi connectivity index (χ3v) is 3.52. The second-order valence-electron chi connectivity index (χ2n) is 5.11. The Kier molecular flexibility index (Phi) is 5.31. The number of aromatic nitrogens is 1. The molecule has 3 heteroatoms. The summed E-state index contributed by atoms with van der Waals surface area (Å²) < 4.78 is 0. The first-order valence-corrected chi connectivity index (χ1v) is 7.34. The van der Waals surface area contributed by atoms with Gasteiger partial charge in [0, 0.05) is 19.6 Å². The molecule has 1 aromatic heterocycles. The molecular weight excluding hydrogens is 222 g/mol. The first-order valence-electron chi connectivity index (χ1n) is 7.34. The van der Waals surface area contributed by atoms with Crippen molar-refractivity contribution in [3.8, 4) is 0 Å². The molecule has 1 fully saturated rings. The molecule has 2 heterocycles. The Balaban J connectivity index is 2.01. The molecule has 0 aromatic carbocycles. The van der Waals surface area contributed by atoms with E-state index in [4.69, 9.17) is 0 Å². The van der Waals surface area contributed by atoms with Crippen molar-refractivity contribution in [2.45, 2.75) is 45.4 Å². The molecule has 3 nitrogen and oxygen atoms in total. The molecule has 1 saturated heterocycles. The molecule has 1 aliphatic rings. The number of anilines is 2. The van der Waals surface area contributed by atoms with Crippen molar-refractivity contribution >= 4 is 11.4 Å². The topological polar surface area (TPSA) is 28.2 Å². The average molecular weight is 247 g/mol. The SMILES string of the molecule is CCCNc1cncc(N2CCCCCCC2)c1. The Morgan fingerprint density at radius 3 is 2.56 bits per heavy atom. The van der Waals surface area contributed by atoms with Gasteiger partial charge in [0.25, 0.3) is 0 Å². The van der Waals surface area contributed by atoms with E-state index in [0.717, 1.165) is 18.7 Å². The van der Waals surface area contributed by atoms with Gasteiger partial charge >= 0.3 is 0 Å². The maximum atomic E-state index is 4.36. The molecule has 0 saturated carbocycles. The van der Waals surface area contributed by atoms with Gasteiger partial charge in [0.1, 0.15) is 0 Å². The van der Waals surface area contributed by atoms with Crippen LogP contribution in [0.3, 0.4) is 0 Å². The number of pyridine rings is 1. The van der Waals surface area contributed by atoms with Crippen LogP contribution in [-0.2, 0) is 0 Å². The van der Waals surface area contributed by atoms with E-state index >= 15 is 0 Å². The number of rotatable bonds is 4. The summed E-state index contributed by atoms with van der Waals surface area (Å²) in [4.78, 5) is 6.85. The van der Waals surface area contributed by atoms with Crippen LogP contribution < -0.4 is 10.2 Å². The summed E-state index contributed by atoms with van der Waals surface area (Å²) in [6.45, 7) is 5.56. The Labute approximate surface area is 111 Å². The lowest BCUT2D eigenvalue weighted by Gasteiger charge is -2.26. The molecule has 0 unspecified atom stereocenters. The summed E-state index contributed by atoms with van der Waals surface area (Å²) in [6.07, 6.45) is 11.8. The molecule has 0 aliphatic carbocycles. The third kappa shape index (κ3) is 3.90. The second kappa shape index (κ2) is 7.24. The largest absolute Gasteiger partial charge is 0.384 e. The van der Waals surface area contributed by atoms with Gasteiger partial charge in [-0.3, -0.25) is 4.98 Å². The van der Waals surface area contributed by atoms with E-state index in [1.54, 1.807) is 0 Å². The number of hydrogen-bond donors (Lipinski definition) is 1. The lowest BCUT2D eigenvalue weighted by atomic mass is 10.1. The lowest BCUT2D eigenvalue weighted by Crippen LogP contribution is -2.27. The quantitative estimate of drug-likeness (QED) is 0.880. The van der Waals surface area contributed by atoms with E-state index in [0.29, 0.717) is 0 Å². The molecule has 0 atom stereocenters. The van der Waals surface area contributed by atoms with Gasteiger partial charge in [-0.1, -0.05) is 26.2 Å². The average Bonchev–Trinajstić information content (AvgIpc) is 2.36. The molecule has 0 radical (unpaired) electrons. The van der Waals surface area contributed by atoms with E-state index < -0.39 is 0 Å². The number of nitrogens with one attached hydrogen (secondary N) is 1. The van der Waals surface area contributed by atoms with Crippen LogP contribution in [0.2, 0.25) is 0 Å². The minimum atomic E-state index is 1.02. The standard InChI is InChI=1S/C15H25N3/c1-2-8-17-14-11-15(13-16-12-14)18-9-6-4-3-5-7-10-18/h11-13,17H,2-10H2,1H3. The Bertz CT molecular complexity index is 343. The smallest absolute Gasteiger partial charge is 0.0573 e. The Morgan fingerprint density at radius 1 is 1.11 bits per heavy atom. The van der Waals surface area contributed by atoms with Crippen LogP contribution in [0.1, 0.15) is 45.4 Å².